The monoisotopic (exact) mass is 280 g/mol. The molecule has 0 heteroatoms. The normalized spacial score (nSPS) is 47.8. The van der Waals surface area contributed by atoms with Crippen molar-refractivity contribution < 1.29 is 0 Å². The smallest absolute Gasteiger partial charge is 0.0259 e. The summed E-state index contributed by atoms with van der Waals surface area (Å²) in [5.41, 5.74) is 2.16. The molecular weight excluding hydrogens is 252 g/mol. The highest BCUT2D eigenvalue weighted by Gasteiger charge is 2.56. The van der Waals surface area contributed by atoms with Crippen LogP contribution >= 0.6 is 0 Å². The molecule has 6 atom stereocenters. The Morgan fingerprint density at radius 2 is 2.14 bits per heavy atom. The van der Waals surface area contributed by atoms with Gasteiger partial charge in [0.25, 0.3) is 0 Å². The number of hydrogen-bond donors (Lipinski definition) is 0. The first-order chi connectivity index (χ1) is 10.3. The summed E-state index contributed by atoms with van der Waals surface area (Å²) >= 11 is 0. The Morgan fingerprint density at radius 3 is 2.95 bits per heavy atom. The summed E-state index contributed by atoms with van der Waals surface area (Å²) in [6.45, 7) is 2.40. The fraction of sp³-hybridized carbons (Fsp3) is 0.714. The minimum Gasteiger partial charge on any atom is -0.120 e. The van der Waals surface area contributed by atoms with Gasteiger partial charge in [-0.2, -0.15) is 0 Å². The number of rotatable bonds is 1. The Labute approximate surface area is 130 Å². The standard InChI is InChI=1S/C21H28/c1-3-16-10-12-20-19-11-9-15-7-5-6-8-17(15)18(19)13-14-21(16,20)4-2/h1,5,7,9,16-20H,4,6,8,10-14H2,2H3/t16-,17+,18-,19-,20+,21-/m1/s1. The molecule has 0 bridgehead atoms. The number of allylic oxidation sites excluding steroid dienone is 4. The Balaban J connectivity index is 1.68. The molecule has 0 aromatic carbocycles. The molecule has 0 aromatic rings. The first-order valence-electron chi connectivity index (χ1n) is 9.13. The largest absolute Gasteiger partial charge is 0.120 e. The third-order valence-electron chi connectivity index (χ3n) is 7.59. The zero-order valence-corrected chi connectivity index (χ0v) is 13.4. The van der Waals surface area contributed by atoms with E-state index in [9.17, 15) is 0 Å². The maximum Gasteiger partial charge on any atom is 0.0259 e. The molecule has 0 radical (unpaired) electrons. The van der Waals surface area contributed by atoms with Crippen molar-refractivity contribution in [2.24, 2.45) is 35.0 Å². The molecule has 0 nitrogen and oxygen atoms in total. The molecule has 0 N–H and O–H groups in total. The van der Waals surface area contributed by atoms with E-state index in [1.807, 2.05) is 0 Å². The second-order valence-corrected chi connectivity index (χ2v) is 7.88. The van der Waals surface area contributed by atoms with E-state index in [-0.39, 0.29) is 0 Å². The number of hydrogen-bond acceptors (Lipinski definition) is 0. The fourth-order valence-corrected chi connectivity index (χ4v) is 6.64. The predicted octanol–water partition coefficient (Wildman–Crippen LogP) is 5.36. The van der Waals surface area contributed by atoms with Gasteiger partial charge in [-0.1, -0.05) is 25.2 Å². The van der Waals surface area contributed by atoms with Crippen LogP contribution in [0.4, 0.5) is 0 Å². The van der Waals surface area contributed by atoms with Crippen molar-refractivity contribution in [2.45, 2.75) is 58.3 Å². The molecule has 0 aromatic heterocycles. The van der Waals surface area contributed by atoms with Crippen LogP contribution in [0.3, 0.4) is 0 Å². The third kappa shape index (κ3) is 1.82. The van der Waals surface area contributed by atoms with E-state index in [1.165, 1.54) is 51.4 Å². The first-order valence-corrected chi connectivity index (χ1v) is 9.13. The predicted molar refractivity (Wildman–Crippen MR) is 88.5 cm³/mol. The molecule has 0 amide bonds. The Hall–Kier alpha value is -0.960. The van der Waals surface area contributed by atoms with Crippen LogP contribution in [0.2, 0.25) is 0 Å². The summed E-state index contributed by atoms with van der Waals surface area (Å²) < 4.78 is 0. The first kappa shape index (κ1) is 13.7. The Bertz CT molecular complexity index is 517. The molecule has 2 fully saturated rings. The van der Waals surface area contributed by atoms with Gasteiger partial charge in [0, 0.05) is 5.92 Å². The van der Waals surface area contributed by atoms with Gasteiger partial charge in [0.2, 0.25) is 0 Å². The van der Waals surface area contributed by atoms with Crippen LogP contribution < -0.4 is 0 Å². The maximum absolute atomic E-state index is 5.90. The van der Waals surface area contributed by atoms with Gasteiger partial charge in [-0.05, 0) is 86.0 Å². The van der Waals surface area contributed by atoms with Crippen molar-refractivity contribution in [1.29, 1.82) is 0 Å². The summed E-state index contributed by atoms with van der Waals surface area (Å²) in [5, 5.41) is 0. The van der Waals surface area contributed by atoms with Crippen LogP contribution in [0.5, 0.6) is 0 Å². The molecule has 0 heterocycles. The van der Waals surface area contributed by atoms with Crippen molar-refractivity contribution in [3.05, 3.63) is 23.8 Å². The third-order valence-corrected chi connectivity index (χ3v) is 7.59. The molecule has 4 aliphatic rings. The van der Waals surface area contributed by atoms with Crippen LogP contribution in [0, 0.1) is 47.3 Å². The topological polar surface area (TPSA) is 0 Å². The van der Waals surface area contributed by atoms with Gasteiger partial charge in [-0.15, -0.1) is 12.3 Å². The van der Waals surface area contributed by atoms with Crippen LogP contribution in [0.1, 0.15) is 58.3 Å². The van der Waals surface area contributed by atoms with Crippen molar-refractivity contribution in [1.82, 2.24) is 0 Å². The average Bonchev–Trinajstić information content (AvgIpc) is 2.93. The van der Waals surface area contributed by atoms with Gasteiger partial charge in [-0.25, -0.2) is 0 Å². The van der Waals surface area contributed by atoms with E-state index in [2.05, 4.69) is 31.1 Å². The molecule has 0 aliphatic heterocycles. The SMILES string of the molecule is C#C[C@@H]1CC[C@H]2[C@@H]3CC=C4C=CCC[C@@H]4[C@H]3CC[C@]12CC. The summed E-state index contributed by atoms with van der Waals surface area (Å²) in [6.07, 6.45) is 24.1. The fourth-order valence-electron chi connectivity index (χ4n) is 6.64. The van der Waals surface area contributed by atoms with E-state index >= 15 is 0 Å². The van der Waals surface area contributed by atoms with Crippen LogP contribution in [0.25, 0.3) is 0 Å². The van der Waals surface area contributed by atoms with Gasteiger partial charge >= 0.3 is 0 Å². The maximum atomic E-state index is 5.90. The molecule has 21 heavy (non-hydrogen) atoms. The van der Waals surface area contributed by atoms with Gasteiger partial charge in [0.1, 0.15) is 0 Å². The van der Waals surface area contributed by atoms with E-state index in [0.29, 0.717) is 11.3 Å². The van der Waals surface area contributed by atoms with Gasteiger partial charge in [-0.3, -0.25) is 0 Å². The van der Waals surface area contributed by atoms with Crippen molar-refractivity contribution in [3.63, 3.8) is 0 Å². The molecule has 0 spiro atoms. The van der Waals surface area contributed by atoms with Crippen molar-refractivity contribution in [3.8, 4) is 12.3 Å². The molecule has 0 saturated heterocycles. The van der Waals surface area contributed by atoms with Crippen molar-refractivity contribution in [2.75, 3.05) is 0 Å². The minimum atomic E-state index is 0.492. The second-order valence-electron chi connectivity index (χ2n) is 7.88. The zero-order chi connectivity index (χ0) is 14.4. The lowest BCUT2D eigenvalue weighted by atomic mass is 9.51. The minimum absolute atomic E-state index is 0.492. The van der Waals surface area contributed by atoms with Crippen LogP contribution in [-0.2, 0) is 0 Å². The number of fused-ring (bicyclic) bond motifs is 5. The molecule has 2 saturated carbocycles. The summed E-state index contributed by atoms with van der Waals surface area (Å²) in [6, 6.07) is 0. The summed E-state index contributed by atoms with van der Waals surface area (Å²) in [4.78, 5) is 0. The zero-order valence-electron chi connectivity index (χ0n) is 13.4. The Kier molecular flexibility index (Phi) is 3.29. The van der Waals surface area contributed by atoms with E-state index in [0.717, 1.165) is 23.7 Å². The Morgan fingerprint density at radius 1 is 1.24 bits per heavy atom. The lowest BCUT2D eigenvalue weighted by Gasteiger charge is -2.53. The average molecular weight is 280 g/mol. The quantitative estimate of drug-likeness (QED) is 0.567. The number of terminal acetylenes is 1. The lowest BCUT2D eigenvalue weighted by molar-refractivity contribution is -0.0131. The molecule has 4 aliphatic carbocycles. The van der Waals surface area contributed by atoms with Crippen LogP contribution in [0.15, 0.2) is 23.8 Å². The van der Waals surface area contributed by atoms with E-state index in [1.54, 1.807) is 5.57 Å². The summed E-state index contributed by atoms with van der Waals surface area (Å²) in [5.74, 6) is 7.40. The van der Waals surface area contributed by atoms with Crippen molar-refractivity contribution >= 4 is 0 Å². The highest BCUT2D eigenvalue weighted by atomic mass is 14.6. The highest BCUT2D eigenvalue weighted by Crippen LogP contribution is 2.64. The molecule has 4 rings (SSSR count). The summed E-state index contributed by atoms with van der Waals surface area (Å²) in [7, 11) is 0. The molecule has 112 valence electrons. The van der Waals surface area contributed by atoms with Crippen LogP contribution in [-0.4, -0.2) is 0 Å². The lowest BCUT2D eigenvalue weighted by Crippen LogP contribution is -2.46. The second kappa shape index (κ2) is 5.05. The highest BCUT2D eigenvalue weighted by molar-refractivity contribution is 5.29. The van der Waals surface area contributed by atoms with E-state index < -0.39 is 0 Å². The van der Waals surface area contributed by atoms with Gasteiger partial charge in [0.05, 0.1) is 0 Å². The molecular formula is C21H28. The van der Waals surface area contributed by atoms with E-state index in [4.69, 9.17) is 6.42 Å². The molecule has 0 unspecified atom stereocenters. The van der Waals surface area contributed by atoms with Gasteiger partial charge in [0.15, 0.2) is 0 Å². The van der Waals surface area contributed by atoms with Gasteiger partial charge < -0.3 is 0 Å².